The van der Waals surface area contributed by atoms with E-state index >= 15 is 0 Å². The van der Waals surface area contributed by atoms with Crippen molar-refractivity contribution in [3.8, 4) is 11.1 Å². The first-order valence-corrected chi connectivity index (χ1v) is 9.12. The number of carbonyl (C=O) groups is 2. The van der Waals surface area contributed by atoms with Gasteiger partial charge in [0.25, 0.3) is 5.91 Å². The number of benzene rings is 1. The second-order valence-corrected chi connectivity index (χ2v) is 6.93. The van der Waals surface area contributed by atoms with E-state index in [9.17, 15) is 19.1 Å². The average molecular weight is 424 g/mol. The Bertz CT molecular complexity index is 852. The Morgan fingerprint density at radius 1 is 1.50 bits per heavy atom. The van der Waals surface area contributed by atoms with Crippen molar-refractivity contribution in [3.05, 3.63) is 46.4 Å². The largest absolute Gasteiger partial charge is 0.374 e. The lowest BCUT2D eigenvalue weighted by molar-refractivity contribution is -0.124. The molecule has 1 aromatic carbocycles. The number of nitrogens with zero attached hydrogens (tertiary/aromatic N) is 1. The second-order valence-electron chi connectivity index (χ2n) is 6.17. The normalized spacial score (nSPS) is 17.4. The summed E-state index contributed by atoms with van der Waals surface area (Å²) in [4.78, 5) is 24.4. The molecule has 1 aliphatic rings. The first kappa shape index (κ1) is 18.6. The number of hydrogen-bond acceptors (Lipinski definition) is 3. The van der Waals surface area contributed by atoms with Gasteiger partial charge in [0.2, 0.25) is 5.91 Å². The fourth-order valence-corrected chi connectivity index (χ4v) is 3.83. The molecule has 0 saturated carbocycles. The first-order chi connectivity index (χ1) is 12.4. The van der Waals surface area contributed by atoms with Gasteiger partial charge in [0, 0.05) is 18.5 Å². The van der Waals surface area contributed by atoms with Crippen molar-refractivity contribution in [2.45, 2.75) is 32.0 Å². The molecule has 3 N–H and O–H groups in total. The van der Waals surface area contributed by atoms with Gasteiger partial charge in [-0.15, -0.1) is 0 Å². The summed E-state index contributed by atoms with van der Waals surface area (Å²) in [6.45, 7) is 2.05. The molecular formula is C18H19BrFN3O3. The third kappa shape index (κ3) is 3.66. The molecule has 2 amide bonds. The molecule has 26 heavy (non-hydrogen) atoms. The van der Waals surface area contributed by atoms with Crippen LogP contribution in [0.3, 0.4) is 0 Å². The number of hydrogen-bond donors (Lipinski definition) is 3. The Balaban J connectivity index is 1.94. The van der Waals surface area contributed by atoms with Crippen LogP contribution in [0.25, 0.3) is 11.1 Å². The summed E-state index contributed by atoms with van der Waals surface area (Å²) in [7, 11) is 0. The summed E-state index contributed by atoms with van der Waals surface area (Å²) in [6.07, 6.45) is -0.383. The molecule has 2 atom stereocenters. The van der Waals surface area contributed by atoms with Gasteiger partial charge in [0.05, 0.1) is 10.6 Å². The number of aliphatic hydroxyl groups excluding tert-OH is 1. The Labute approximate surface area is 158 Å². The molecule has 6 nitrogen and oxygen atoms in total. The Hall–Kier alpha value is -2.19. The third-order valence-electron chi connectivity index (χ3n) is 4.34. The summed E-state index contributed by atoms with van der Waals surface area (Å²) in [5, 5.41) is 14.9. The predicted octanol–water partition coefficient (Wildman–Crippen LogP) is 2.58. The van der Waals surface area contributed by atoms with Crippen molar-refractivity contribution >= 4 is 27.7 Å². The van der Waals surface area contributed by atoms with Crippen LogP contribution >= 0.6 is 15.9 Å². The molecule has 0 bridgehead atoms. The van der Waals surface area contributed by atoms with Gasteiger partial charge in [-0.3, -0.25) is 9.59 Å². The summed E-state index contributed by atoms with van der Waals surface area (Å²) in [5.41, 5.74) is 1.71. The number of rotatable bonds is 5. The standard InChI is InChI=1S/C18H19BrFN3O3/c1-2-15(24)22-16(25)7-12-9-21-18(26)14-8-13(17(19)23(12)14)10-4-3-5-11(20)6-10/h3-6,8,12,15,24H,2,7,9H2,1H3,(H,21,26)(H,22,25)/t12-,15+/m1/s1. The number of fused-ring (bicyclic) bond motifs is 1. The number of amides is 2. The van der Waals surface area contributed by atoms with Crippen LogP contribution in [0.1, 0.15) is 36.3 Å². The molecule has 8 heteroatoms. The highest BCUT2D eigenvalue weighted by molar-refractivity contribution is 9.10. The average Bonchev–Trinajstić information content (AvgIpc) is 2.96. The molecule has 0 saturated heterocycles. The maximum atomic E-state index is 13.6. The molecule has 2 aromatic rings. The monoisotopic (exact) mass is 423 g/mol. The minimum absolute atomic E-state index is 0.0974. The smallest absolute Gasteiger partial charge is 0.268 e. The molecule has 1 aromatic heterocycles. The van der Waals surface area contributed by atoms with Crippen LogP contribution in [0.5, 0.6) is 0 Å². The first-order valence-electron chi connectivity index (χ1n) is 8.33. The van der Waals surface area contributed by atoms with Crippen molar-refractivity contribution in [2.75, 3.05) is 6.54 Å². The summed E-state index contributed by atoms with van der Waals surface area (Å²) >= 11 is 3.50. The Kier molecular flexibility index (Phi) is 5.43. The molecule has 0 fully saturated rings. The van der Waals surface area contributed by atoms with Crippen LogP contribution in [0, 0.1) is 5.82 Å². The van der Waals surface area contributed by atoms with Gasteiger partial charge in [-0.25, -0.2) is 4.39 Å². The zero-order valence-electron chi connectivity index (χ0n) is 14.1. The number of halogens is 2. The van der Waals surface area contributed by atoms with Gasteiger partial charge in [-0.1, -0.05) is 19.1 Å². The zero-order valence-corrected chi connectivity index (χ0v) is 15.7. The van der Waals surface area contributed by atoms with Crippen LogP contribution in [0.2, 0.25) is 0 Å². The van der Waals surface area contributed by atoms with E-state index in [2.05, 4.69) is 26.6 Å². The summed E-state index contributed by atoms with van der Waals surface area (Å²) < 4.78 is 15.9. The molecule has 0 aliphatic carbocycles. The Morgan fingerprint density at radius 3 is 2.96 bits per heavy atom. The molecule has 0 spiro atoms. The molecule has 0 unspecified atom stereocenters. The van der Waals surface area contributed by atoms with E-state index in [0.717, 1.165) is 0 Å². The molecule has 138 valence electrons. The summed E-state index contributed by atoms with van der Waals surface area (Å²) in [6, 6.07) is 7.47. The third-order valence-corrected chi connectivity index (χ3v) is 5.15. The molecule has 2 heterocycles. The van der Waals surface area contributed by atoms with Crippen molar-refractivity contribution in [1.82, 2.24) is 15.2 Å². The highest BCUT2D eigenvalue weighted by Gasteiger charge is 2.30. The van der Waals surface area contributed by atoms with Gasteiger partial charge in [0.15, 0.2) is 0 Å². The van der Waals surface area contributed by atoms with Crippen LogP contribution in [-0.2, 0) is 4.79 Å². The lowest BCUT2D eigenvalue weighted by Crippen LogP contribution is -2.42. The SMILES string of the molecule is CC[C@H](O)NC(=O)C[C@@H]1CNC(=O)c2cc(-c3cccc(F)c3)c(Br)n21. The molecule has 3 rings (SSSR count). The lowest BCUT2D eigenvalue weighted by atomic mass is 10.1. The van der Waals surface area contributed by atoms with Gasteiger partial charge in [0.1, 0.15) is 17.7 Å². The fraction of sp³-hybridized carbons (Fsp3) is 0.333. The molecule has 0 radical (unpaired) electrons. The van der Waals surface area contributed by atoms with Crippen LogP contribution in [-0.4, -0.2) is 34.3 Å². The highest BCUT2D eigenvalue weighted by Crippen LogP contribution is 2.36. The molecular weight excluding hydrogens is 405 g/mol. The summed E-state index contributed by atoms with van der Waals surface area (Å²) in [5.74, 6) is -0.925. The van der Waals surface area contributed by atoms with E-state index in [4.69, 9.17) is 0 Å². The maximum absolute atomic E-state index is 13.6. The van der Waals surface area contributed by atoms with Crippen molar-refractivity contribution in [3.63, 3.8) is 0 Å². The number of aromatic nitrogens is 1. The van der Waals surface area contributed by atoms with E-state index in [0.29, 0.717) is 27.8 Å². The molecule has 1 aliphatic heterocycles. The number of carbonyl (C=O) groups excluding carboxylic acids is 2. The van der Waals surface area contributed by atoms with Crippen molar-refractivity contribution in [2.24, 2.45) is 0 Å². The predicted molar refractivity (Wildman–Crippen MR) is 98.0 cm³/mol. The van der Waals surface area contributed by atoms with Crippen molar-refractivity contribution < 1.29 is 19.1 Å². The van der Waals surface area contributed by atoms with Crippen LogP contribution in [0.15, 0.2) is 34.9 Å². The Morgan fingerprint density at radius 2 is 2.27 bits per heavy atom. The second kappa shape index (κ2) is 7.59. The van der Waals surface area contributed by atoms with E-state index in [-0.39, 0.29) is 36.6 Å². The highest BCUT2D eigenvalue weighted by atomic mass is 79.9. The topological polar surface area (TPSA) is 83.4 Å². The van der Waals surface area contributed by atoms with Crippen LogP contribution < -0.4 is 10.6 Å². The fourth-order valence-electron chi connectivity index (χ4n) is 3.01. The number of nitrogens with one attached hydrogen (secondary N) is 2. The van der Waals surface area contributed by atoms with Gasteiger partial charge < -0.3 is 20.3 Å². The lowest BCUT2D eigenvalue weighted by Gasteiger charge is -2.27. The maximum Gasteiger partial charge on any atom is 0.268 e. The van der Waals surface area contributed by atoms with Crippen LogP contribution in [0.4, 0.5) is 4.39 Å². The zero-order chi connectivity index (χ0) is 18.8. The number of aliphatic hydroxyl groups is 1. The van der Waals surface area contributed by atoms with E-state index in [1.807, 2.05) is 0 Å². The van der Waals surface area contributed by atoms with E-state index in [1.165, 1.54) is 12.1 Å². The van der Waals surface area contributed by atoms with E-state index in [1.54, 1.807) is 29.7 Å². The van der Waals surface area contributed by atoms with Gasteiger partial charge >= 0.3 is 0 Å². The minimum Gasteiger partial charge on any atom is -0.374 e. The van der Waals surface area contributed by atoms with Gasteiger partial charge in [-0.2, -0.15) is 0 Å². The van der Waals surface area contributed by atoms with E-state index < -0.39 is 6.23 Å². The minimum atomic E-state index is -0.892. The quantitative estimate of drug-likeness (QED) is 0.646. The van der Waals surface area contributed by atoms with Gasteiger partial charge in [-0.05, 0) is 46.1 Å². The van der Waals surface area contributed by atoms with Crippen molar-refractivity contribution in [1.29, 1.82) is 0 Å².